The first-order chi connectivity index (χ1) is 9.38. The standard InChI is InChI=1S/C15H20F3NO/c1-10(2)20-14-6-4-3-5-12(14)13-8-7-11(9-19-13)15(16,17)18/h3-6,10-11,13,19H,7-9H2,1-2H3. The zero-order valence-electron chi connectivity index (χ0n) is 11.7. The van der Waals surface area contributed by atoms with E-state index in [1.807, 2.05) is 38.1 Å². The zero-order valence-corrected chi connectivity index (χ0v) is 11.7. The van der Waals surface area contributed by atoms with Crippen LogP contribution < -0.4 is 10.1 Å². The second kappa shape index (κ2) is 6.04. The molecule has 0 saturated carbocycles. The Balaban J connectivity index is 2.07. The molecule has 0 radical (unpaired) electrons. The molecule has 20 heavy (non-hydrogen) atoms. The van der Waals surface area contributed by atoms with E-state index in [-0.39, 0.29) is 25.1 Å². The van der Waals surface area contributed by atoms with Crippen LogP contribution in [0.1, 0.15) is 38.3 Å². The fraction of sp³-hybridized carbons (Fsp3) is 0.600. The van der Waals surface area contributed by atoms with Crippen LogP contribution in [0.5, 0.6) is 5.75 Å². The Morgan fingerprint density at radius 1 is 1.20 bits per heavy atom. The number of piperidine rings is 1. The van der Waals surface area contributed by atoms with E-state index in [2.05, 4.69) is 5.32 Å². The van der Waals surface area contributed by atoms with Gasteiger partial charge in [0.25, 0.3) is 0 Å². The first-order valence-corrected chi connectivity index (χ1v) is 6.93. The van der Waals surface area contributed by atoms with Gasteiger partial charge in [0.05, 0.1) is 12.0 Å². The predicted molar refractivity (Wildman–Crippen MR) is 71.7 cm³/mol. The predicted octanol–water partition coefficient (Wildman–Crippen LogP) is 4.08. The van der Waals surface area contributed by atoms with E-state index in [9.17, 15) is 13.2 Å². The lowest BCUT2D eigenvalue weighted by atomic mass is 9.90. The van der Waals surface area contributed by atoms with Crippen molar-refractivity contribution in [1.82, 2.24) is 5.32 Å². The van der Waals surface area contributed by atoms with Crippen LogP contribution in [0.4, 0.5) is 13.2 Å². The Morgan fingerprint density at radius 2 is 1.90 bits per heavy atom. The maximum Gasteiger partial charge on any atom is 0.393 e. The minimum Gasteiger partial charge on any atom is -0.491 e. The van der Waals surface area contributed by atoms with Gasteiger partial charge in [-0.25, -0.2) is 0 Å². The summed E-state index contributed by atoms with van der Waals surface area (Å²) in [4.78, 5) is 0. The van der Waals surface area contributed by atoms with Crippen LogP contribution in [0.25, 0.3) is 0 Å². The van der Waals surface area contributed by atoms with Crippen LogP contribution in [0.15, 0.2) is 24.3 Å². The second-order valence-corrected chi connectivity index (χ2v) is 5.48. The molecule has 0 spiro atoms. The minimum atomic E-state index is -4.11. The fourth-order valence-electron chi connectivity index (χ4n) is 2.53. The van der Waals surface area contributed by atoms with Crippen molar-refractivity contribution < 1.29 is 17.9 Å². The monoisotopic (exact) mass is 287 g/mol. The molecule has 1 aliphatic heterocycles. The van der Waals surface area contributed by atoms with Crippen molar-refractivity contribution in [3.05, 3.63) is 29.8 Å². The molecule has 1 aromatic rings. The number of para-hydroxylation sites is 1. The van der Waals surface area contributed by atoms with Crippen molar-refractivity contribution in [3.63, 3.8) is 0 Å². The Kier molecular flexibility index (Phi) is 4.58. The molecule has 0 bridgehead atoms. The van der Waals surface area contributed by atoms with Crippen LogP contribution in [0, 0.1) is 5.92 Å². The fourth-order valence-corrected chi connectivity index (χ4v) is 2.53. The highest BCUT2D eigenvalue weighted by atomic mass is 19.4. The van der Waals surface area contributed by atoms with E-state index in [0.717, 1.165) is 11.3 Å². The molecule has 0 aromatic heterocycles. The van der Waals surface area contributed by atoms with E-state index in [0.29, 0.717) is 6.42 Å². The van der Waals surface area contributed by atoms with Gasteiger partial charge in [-0.3, -0.25) is 0 Å². The van der Waals surface area contributed by atoms with Crippen LogP contribution in [0.2, 0.25) is 0 Å². The molecule has 2 nitrogen and oxygen atoms in total. The van der Waals surface area contributed by atoms with E-state index in [1.54, 1.807) is 0 Å². The summed E-state index contributed by atoms with van der Waals surface area (Å²) < 4.78 is 43.7. The van der Waals surface area contributed by atoms with Gasteiger partial charge >= 0.3 is 6.18 Å². The van der Waals surface area contributed by atoms with Crippen molar-refractivity contribution in [2.24, 2.45) is 5.92 Å². The van der Waals surface area contributed by atoms with Crippen molar-refractivity contribution >= 4 is 0 Å². The van der Waals surface area contributed by atoms with E-state index in [4.69, 9.17) is 4.74 Å². The molecule has 1 N–H and O–H groups in total. The van der Waals surface area contributed by atoms with Crippen LogP contribution in [-0.2, 0) is 0 Å². The summed E-state index contributed by atoms with van der Waals surface area (Å²) in [5.41, 5.74) is 0.946. The molecular weight excluding hydrogens is 267 g/mol. The number of hydrogen-bond donors (Lipinski definition) is 1. The highest BCUT2D eigenvalue weighted by molar-refractivity contribution is 5.36. The summed E-state index contributed by atoms with van der Waals surface area (Å²) in [6.45, 7) is 3.85. The molecule has 1 fully saturated rings. The summed E-state index contributed by atoms with van der Waals surface area (Å²) >= 11 is 0. The first kappa shape index (κ1) is 15.2. The van der Waals surface area contributed by atoms with Gasteiger partial charge < -0.3 is 10.1 Å². The van der Waals surface area contributed by atoms with Gasteiger partial charge in [-0.1, -0.05) is 18.2 Å². The number of alkyl halides is 3. The topological polar surface area (TPSA) is 21.3 Å². The van der Waals surface area contributed by atoms with Crippen molar-refractivity contribution in [3.8, 4) is 5.75 Å². The molecule has 112 valence electrons. The first-order valence-electron chi connectivity index (χ1n) is 6.93. The molecule has 2 rings (SSSR count). The normalized spacial score (nSPS) is 23.9. The maximum absolute atomic E-state index is 12.7. The SMILES string of the molecule is CC(C)Oc1ccccc1C1CCC(C(F)(F)F)CN1. The lowest BCUT2D eigenvalue weighted by molar-refractivity contribution is -0.179. The number of halogens is 3. The average molecular weight is 287 g/mol. The summed E-state index contributed by atoms with van der Waals surface area (Å²) in [6.07, 6.45) is -3.42. The maximum atomic E-state index is 12.7. The summed E-state index contributed by atoms with van der Waals surface area (Å²) in [5.74, 6) is -0.484. The van der Waals surface area contributed by atoms with E-state index in [1.165, 1.54) is 0 Å². The molecule has 0 amide bonds. The molecule has 1 heterocycles. The van der Waals surface area contributed by atoms with Gasteiger partial charge in [-0.15, -0.1) is 0 Å². The van der Waals surface area contributed by atoms with Gasteiger partial charge in [0.2, 0.25) is 0 Å². The van der Waals surface area contributed by atoms with E-state index >= 15 is 0 Å². The minimum absolute atomic E-state index is 0.0236. The van der Waals surface area contributed by atoms with Gasteiger partial charge in [0.15, 0.2) is 0 Å². The van der Waals surface area contributed by atoms with Crippen LogP contribution in [-0.4, -0.2) is 18.8 Å². The quantitative estimate of drug-likeness (QED) is 0.904. The largest absolute Gasteiger partial charge is 0.491 e. The summed E-state index contributed by atoms with van der Waals surface area (Å²) in [6, 6.07) is 7.49. The molecule has 2 unspecified atom stereocenters. The zero-order chi connectivity index (χ0) is 14.8. The highest BCUT2D eigenvalue weighted by Gasteiger charge is 2.41. The molecule has 5 heteroatoms. The Bertz CT molecular complexity index is 437. The third kappa shape index (κ3) is 3.66. The summed E-state index contributed by atoms with van der Waals surface area (Å²) in [5, 5.41) is 3.01. The van der Waals surface area contributed by atoms with Crippen LogP contribution >= 0.6 is 0 Å². The van der Waals surface area contributed by atoms with Gasteiger partial charge in [-0.05, 0) is 32.8 Å². The molecule has 1 aliphatic rings. The molecular formula is C15H20F3NO. The highest BCUT2D eigenvalue weighted by Crippen LogP contribution is 2.37. The van der Waals surface area contributed by atoms with Gasteiger partial charge in [0, 0.05) is 18.2 Å². The number of benzene rings is 1. The van der Waals surface area contributed by atoms with Gasteiger partial charge in [-0.2, -0.15) is 13.2 Å². The number of nitrogens with one attached hydrogen (secondary N) is 1. The Morgan fingerprint density at radius 3 is 2.45 bits per heavy atom. The van der Waals surface area contributed by atoms with Crippen molar-refractivity contribution in [2.75, 3.05) is 6.54 Å². The average Bonchev–Trinajstić information content (AvgIpc) is 2.38. The number of hydrogen-bond acceptors (Lipinski definition) is 2. The van der Waals surface area contributed by atoms with Crippen LogP contribution in [0.3, 0.4) is 0 Å². The number of ether oxygens (including phenoxy) is 1. The lowest BCUT2D eigenvalue weighted by Gasteiger charge is -2.32. The van der Waals surface area contributed by atoms with E-state index < -0.39 is 12.1 Å². The summed E-state index contributed by atoms with van der Waals surface area (Å²) in [7, 11) is 0. The second-order valence-electron chi connectivity index (χ2n) is 5.48. The molecule has 1 saturated heterocycles. The molecule has 0 aliphatic carbocycles. The third-order valence-corrected chi connectivity index (χ3v) is 3.53. The number of rotatable bonds is 3. The van der Waals surface area contributed by atoms with Crippen molar-refractivity contribution in [2.45, 2.75) is 45.0 Å². The molecule has 2 atom stereocenters. The molecule has 1 aromatic carbocycles. The van der Waals surface area contributed by atoms with Crippen molar-refractivity contribution in [1.29, 1.82) is 0 Å². The van der Waals surface area contributed by atoms with Gasteiger partial charge in [0.1, 0.15) is 5.75 Å². The smallest absolute Gasteiger partial charge is 0.393 e. The lowest BCUT2D eigenvalue weighted by Crippen LogP contribution is -2.40. The third-order valence-electron chi connectivity index (χ3n) is 3.53. The Hall–Kier alpha value is -1.23. The Labute approximate surface area is 117 Å².